The molecule has 206 valence electrons. The molecule has 7 atom stereocenters. The first-order chi connectivity index (χ1) is 16.5. The highest BCUT2D eigenvalue weighted by Gasteiger charge is 2.41. The molecule has 1 rings (SSSR count). The van der Waals surface area contributed by atoms with E-state index < -0.39 is 41.3 Å². The lowest BCUT2D eigenvalue weighted by molar-refractivity contribution is -0.142. The minimum atomic E-state index is -1.15. The first-order valence-electron chi connectivity index (χ1n) is 12.6. The SMILES string of the molecule is C/C(=C\c1csc(C)n1)C(N)C(O)CC(C)(O)CCCC(C)C(O)C(C)C(=O)C(C)(C)C(O)CC=O. The summed E-state index contributed by atoms with van der Waals surface area (Å²) in [6.07, 6.45) is 0.969. The van der Waals surface area contributed by atoms with Gasteiger partial charge in [0.05, 0.1) is 46.1 Å². The van der Waals surface area contributed by atoms with Crippen molar-refractivity contribution >= 4 is 29.5 Å². The van der Waals surface area contributed by atoms with Gasteiger partial charge in [-0.3, -0.25) is 4.79 Å². The Labute approximate surface area is 219 Å². The molecule has 0 bridgehead atoms. The monoisotopic (exact) mass is 526 g/mol. The van der Waals surface area contributed by atoms with Crippen molar-refractivity contribution in [2.24, 2.45) is 23.0 Å². The minimum Gasteiger partial charge on any atom is -0.392 e. The molecular weight excluding hydrogens is 480 g/mol. The van der Waals surface area contributed by atoms with Crippen LogP contribution in [0.1, 0.15) is 84.3 Å². The van der Waals surface area contributed by atoms with E-state index in [1.807, 2.05) is 32.2 Å². The lowest BCUT2D eigenvalue weighted by Gasteiger charge is -2.34. The van der Waals surface area contributed by atoms with Gasteiger partial charge in [0, 0.05) is 24.1 Å². The number of Topliss-reactive ketones (excluding diaryl/α,β-unsaturated/α-hetero) is 1. The number of thiazole rings is 1. The minimum absolute atomic E-state index is 0.101. The molecule has 0 spiro atoms. The van der Waals surface area contributed by atoms with Gasteiger partial charge in [0.1, 0.15) is 12.1 Å². The summed E-state index contributed by atoms with van der Waals surface area (Å²) in [7, 11) is 0. The highest BCUT2D eigenvalue weighted by molar-refractivity contribution is 7.09. The Kier molecular flexibility index (Phi) is 12.5. The van der Waals surface area contributed by atoms with Crippen molar-refractivity contribution in [2.45, 2.75) is 111 Å². The van der Waals surface area contributed by atoms with Gasteiger partial charge in [0.2, 0.25) is 0 Å². The van der Waals surface area contributed by atoms with Crippen molar-refractivity contribution in [3.05, 3.63) is 21.7 Å². The van der Waals surface area contributed by atoms with Gasteiger partial charge >= 0.3 is 0 Å². The van der Waals surface area contributed by atoms with Crippen molar-refractivity contribution in [3.63, 3.8) is 0 Å². The van der Waals surface area contributed by atoms with Gasteiger partial charge < -0.3 is 31.0 Å². The summed E-state index contributed by atoms with van der Waals surface area (Å²) in [4.78, 5) is 28.0. The number of carbonyl (C=O) groups is 2. The van der Waals surface area contributed by atoms with Gasteiger partial charge in [-0.1, -0.05) is 39.7 Å². The van der Waals surface area contributed by atoms with Gasteiger partial charge in [-0.2, -0.15) is 0 Å². The molecule has 0 aliphatic rings. The maximum absolute atomic E-state index is 12.9. The van der Waals surface area contributed by atoms with Crippen LogP contribution in [0.2, 0.25) is 0 Å². The third-order valence-electron chi connectivity index (χ3n) is 7.27. The van der Waals surface area contributed by atoms with E-state index in [1.165, 1.54) is 11.3 Å². The number of aldehydes is 1. The van der Waals surface area contributed by atoms with Crippen molar-refractivity contribution in [1.82, 2.24) is 4.98 Å². The number of ketones is 1. The maximum atomic E-state index is 12.9. The number of nitrogens with zero attached hydrogens (tertiary/aromatic N) is 1. The number of carbonyl (C=O) groups excluding carboxylic acids is 2. The number of hydrogen-bond donors (Lipinski definition) is 5. The van der Waals surface area contributed by atoms with E-state index in [-0.39, 0.29) is 24.5 Å². The number of aliphatic hydroxyl groups excluding tert-OH is 3. The first kappa shape index (κ1) is 32.5. The normalized spacial score (nSPS) is 19.6. The van der Waals surface area contributed by atoms with Crippen LogP contribution < -0.4 is 5.73 Å². The van der Waals surface area contributed by atoms with Crippen LogP contribution in [0, 0.1) is 24.2 Å². The van der Waals surface area contributed by atoms with Crippen LogP contribution >= 0.6 is 11.3 Å². The molecule has 7 unspecified atom stereocenters. The Morgan fingerprint density at radius 1 is 1.22 bits per heavy atom. The van der Waals surface area contributed by atoms with Gasteiger partial charge in [-0.05, 0) is 45.6 Å². The fourth-order valence-corrected chi connectivity index (χ4v) is 5.09. The molecule has 36 heavy (non-hydrogen) atoms. The van der Waals surface area contributed by atoms with E-state index in [2.05, 4.69) is 4.98 Å². The van der Waals surface area contributed by atoms with Crippen LogP contribution in [0.5, 0.6) is 0 Å². The number of rotatable bonds is 16. The molecule has 1 aromatic heterocycles. The van der Waals surface area contributed by atoms with Crippen molar-refractivity contribution in [1.29, 1.82) is 0 Å². The zero-order chi connectivity index (χ0) is 27.8. The summed E-state index contributed by atoms with van der Waals surface area (Å²) in [5.74, 6) is -1.23. The van der Waals surface area contributed by atoms with E-state index in [0.29, 0.717) is 25.5 Å². The molecular formula is C27H46N2O6S. The predicted octanol–water partition coefficient (Wildman–Crippen LogP) is 3.03. The van der Waals surface area contributed by atoms with Crippen LogP contribution in [0.3, 0.4) is 0 Å². The Bertz CT molecular complexity index is 881. The number of hydrogen-bond acceptors (Lipinski definition) is 9. The van der Waals surface area contributed by atoms with Crippen molar-refractivity contribution < 1.29 is 30.0 Å². The Morgan fingerprint density at radius 3 is 2.36 bits per heavy atom. The number of aryl methyl sites for hydroxylation is 1. The number of aromatic nitrogens is 1. The summed E-state index contributed by atoms with van der Waals surface area (Å²) in [6, 6.07) is -0.635. The number of aliphatic hydroxyl groups is 4. The van der Waals surface area contributed by atoms with Crippen LogP contribution in [0.15, 0.2) is 11.0 Å². The molecule has 1 aromatic rings. The van der Waals surface area contributed by atoms with Crippen molar-refractivity contribution in [3.8, 4) is 0 Å². The van der Waals surface area contributed by atoms with Crippen LogP contribution in [0.4, 0.5) is 0 Å². The van der Waals surface area contributed by atoms with E-state index in [4.69, 9.17) is 5.73 Å². The second-order valence-corrected chi connectivity index (χ2v) is 12.2. The van der Waals surface area contributed by atoms with Gasteiger partial charge in [0.15, 0.2) is 0 Å². The zero-order valence-corrected chi connectivity index (χ0v) is 23.6. The fraction of sp³-hybridized carbons (Fsp3) is 0.741. The molecule has 0 saturated carbocycles. The highest BCUT2D eigenvalue weighted by Crippen LogP contribution is 2.32. The summed E-state index contributed by atoms with van der Waals surface area (Å²) in [6.45, 7) is 12.1. The van der Waals surface area contributed by atoms with Crippen molar-refractivity contribution in [2.75, 3.05) is 0 Å². The summed E-state index contributed by atoms with van der Waals surface area (Å²) >= 11 is 1.54. The van der Waals surface area contributed by atoms with E-state index in [1.54, 1.807) is 27.7 Å². The molecule has 8 nitrogen and oxygen atoms in total. The highest BCUT2D eigenvalue weighted by atomic mass is 32.1. The zero-order valence-electron chi connectivity index (χ0n) is 22.8. The molecule has 0 aliphatic heterocycles. The molecule has 6 N–H and O–H groups in total. The summed E-state index contributed by atoms with van der Waals surface area (Å²) in [5.41, 5.74) is 5.50. The fourth-order valence-electron chi connectivity index (χ4n) is 4.52. The molecule has 0 aromatic carbocycles. The van der Waals surface area contributed by atoms with Crippen LogP contribution in [-0.4, -0.2) is 67.4 Å². The lowest BCUT2D eigenvalue weighted by atomic mass is 9.73. The number of nitrogens with two attached hydrogens (primary N) is 1. The largest absolute Gasteiger partial charge is 0.392 e. The molecule has 1 heterocycles. The predicted molar refractivity (Wildman–Crippen MR) is 143 cm³/mol. The molecule has 0 aliphatic carbocycles. The van der Waals surface area contributed by atoms with Gasteiger partial charge in [-0.25, -0.2) is 4.98 Å². The van der Waals surface area contributed by atoms with Gasteiger partial charge in [0.25, 0.3) is 0 Å². The average molecular weight is 527 g/mol. The third-order valence-corrected chi connectivity index (χ3v) is 8.06. The van der Waals surface area contributed by atoms with Crippen LogP contribution in [-0.2, 0) is 9.59 Å². The molecule has 0 fully saturated rings. The third kappa shape index (κ3) is 9.43. The summed E-state index contributed by atoms with van der Waals surface area (Å²) < 4.78 is 0. The molecule has 9 heteroatoms. The quantitative estimate of drug-likeness (QED) is 0.206. The smallest absolute Gasteiger partial charge is 0.146 e. The lowest BCUT2D eigenvalue weighted by Crippen LogP contribution is -2.45. The first-order valence-corrected chi connectivity index (χ1v) is 13.5. The Hall–Kier alpha value is -1.49. The maximum Gasteiger partial charge on any atom is 0.146 e. The van der Waals surface area contributed by atoms with Crippen LogP contribution in [0.25, 0.3) is 6.08 Å². The Morgan fingerprint density at radius 2 is 1.83 bits per heavy atom. The summed E-state index contributed by atoms with van der Waals surface area (Å²) in [5, 5.41) is 45.3. The van der Waals surface area contributed by atoms with E-state index in [0.717, 1.165) is 16.3 Å². The molecule has 0 amide bonds. The van der Waals surface area contributed by atoms with E-state index >= 15 is 0 Å². The second kappa shape index (κ2) is 13.9. The van der Waals surface area contributed by atoms with Gasteiger partial charge in [-0.15, -0.1) is 11.3 Å². The average Bonchev–Trinajstić information content (AvgIpc) is 3.20. The molecule has 0 radical (unpaired) electrons. The molecule has 0 saturated heterocycles. The topological polar surface area (TPSA) is 154 Å². The Balaban J connectivity index is 2.61. The second-order valence-electron chi connectivity index (χ2n) is 11.1. The van der Waals surface area contributed by atoms with E-state index in [9.17, 15) is 30.0 Å². The standard InChI is InChI=1S/C27H46N2O6S/c1-16(24(33)18(3)25(34)26(5,6)22(32)10-12-30)9-8-11-27(7,35)14-21(31)23(28)17(2)13-20-15-36-19(4)29-20/h12-13,15-16,18,21-24,31-33,35H,8-11,14,28H2,1-7H3/b17-13+.